The Hall–Kier alpha value is -2.38. The second kappa shape index (κ2) is 10.1. The zero-order valence-electron chi connectivity index (χ0n) is 20.6. The Morgan fingerprint density at radius 1 is 0.912 bits per heavy atom. The number of nitrogens with one attached hydrogen (secondary N) is 2. The number of ether oxygens (including phenoxy) is 2. The summed E-state index contributed by atoms with van der Waals surface area (Å²) in [5.74, 6) is 0. The van der Waals surface area contributed by atoms with E-state index >= 15 is 0 Å². The first kappa shape index (κ1) is 26.2. The Balaban J connectivity index is 1.99. The van der Waals surface area contributed by atoms with Crippen molar-refractivity contribution in [3.63, 3.8) is 0 Å². The molecule has 7 nitrogen and oxygen atoms in total. The van der Waals surface area contributed by atoms with E-state index in [0.717, 1.165) is 47.5 Å². The number of alkyl carbamates (subject to hydrolysis) is 2. The van der Waals surface area contributed by atoms with Gasteiger partial charge in [0, 0.05) is 40.0 Å². The molecule has 186 valence electrons. The normalized spacial score (nSPS) is 13.4. The van der Waals surface area contributed by atoms with E-state index in [1.807, 2.05) is 47.6 Å². The van der Waals surface area contributed by atoms with Crippen LogP contribution in [0.3, 0.4) is 0 Å². The fourth-order valence-electron chi connectivity index (χ4n) is 3.97. The minimum Gasteiger partial charge on any atom is -0.445 e. The monoisotopic (exact) mass is 509 g/mol. The van der Waals surface area contributed by atoms with Crippen LogP contribution in [0.15, 0.2) is 18.2 Å². The third-order valence-electron chi connectivity index (χ3n) is 5.23. The summed E-state index contributed by atoms with van der Waals surface area (Å²) >= 11 is 12.5. The molecule has 3 rings (SSSR count). The SMILES string of the molecule is CC(C)(C)NC(=O)OCc1c(COC(=O)NC(C)(C)C)c(-c2ccc(Cl)c(Cl)c2)n2c1CCC2. The topological polar surface area (TPSA) is 81.6 Å². The number of aromatic nitrogens is 1. The van der Waals surface area contributed by atoms with E-state index < -0.39 is 23.3 Å². The number of nitrogens with zero attached hydrogens (tertiary/aromatic N) is 1. The summed E-state index contributed by atoms with van der Waals surface area (Å²) in [7, 11) is 0. The smallest absolute Gasteiger partial charge is 0.407 e. The third-order valence-corrected chi connectivity index (χ3v) is 5.97. The fraction of sp³-hybridized carbons (Fsp3) is 0.520. The molecule has 0 spiro atoms. The van der Waals surface area contributed by atoms with Crippen molar-refractivity contribution in [2.45, 2.75) is 85.2 Å². The molecule has 0 aliphatic carbocycles. The molecule has 2 aromatic rings. The number of rotatable bonds is 5. The zero-order valence-corrected chi connectivity index (χ0v) is 22.1. The van der Waals surface area contributed by atoms with Gasteiger partial charge >= 0.3 is 12.2 Å². The van der Waals surface area contributed by atoms with Crippen molar-refractivity contribution >= 4 is 35.4 Å². The van der Waals surface area contributed by atoms with Gasteiger partial charge in [-0.3, -0.25) is 0 Å². The van der Waals surface area contributed by atoms with E-state index in [4.69, 9.17) is 32.7 Å². The molecule has 1 aromatic heterocycles. The summed E-state index contributed by atoms with van der Waals surface area (Å²) in [6, 6.07) is 5.45. The summed E-state index contributed by atoms with van der Waals surface area (Å²) in [4.78, 5) is 24.8. The van der Waals surface area contributed by atoms with Gasteiger partial charge in [0.05, 0.1) is 15.7 Å². The van der Waals surface area contributed by atoms with Crippen molar-refractivity contribution in [2.24, 2.45) is 0 Å². The quantitative estimate of drug-likeness (QED) is 0.484. The van der Waals surface area contributed by atoms with Crippen molar-refractivity contribution in [3.8, 4) is 11.3 Å². The molecule has 1 aliphatic rings. The lowest BCUT2D eigenvalue weighted by Gasteiger charge is -2.21. The van der Waals surface area contributed by atoms with Gasteiger partial charge in [-0.25, -0.2) is 9.59 Å². The lowest BCUT2D eigenvalue weighted by molar-refractivity contribution is 0.123. The van der Waals surface area contributed by atoms with E-state index in [2.05, 4.69) is 15.2 Å². The van der Waals surface area contributed by atoms with Crippen molar-refractivity contribution in [3.05, 3.63) is 45.1 Å². The first-order chi connectivity index (χ1) is 15.7. The molecule has 2 heterocycles. The van der Waals surface area contributed by atoms with E-state index in [9.17, 15) is 9.59 Å². The van der Waals surface area contributed by atoms with Crippen LogP contribution in [0.1, 0.15) is 64.8 Å². The zero-order chi connectivity index (χ0) is 25.3. The Labute approximate surface area is 211 Å². The summed E-state index contributed by atoms with van der Waals surface area (Å²) in [5, 5.41) is 6.52. The molecule has 2 amide bonds. The highest BCUT2D eigenvalue weighted by Gasteiger charge is 2.29. The molecule has 0 atom stereocenters. The second-order valence-corrected chi connectivity index (χ2v) is 11.4. The lowest BCUT2D eigenvalue weighted by Crippen LogP contribution is -2.41. The van der Waals surface area contributed by atoms with Crippen LogP contribution < -0.4 is 10.6 Å². The van der Waals surface area contributed by atoms with Gasteiger partial charge in [-0.2, -0.15) is 0 Å². The minimum atomic E-state index is -0.517. The number of hydrogen-bond donors (Lipinski definition) is 2. The molecule has 1 aliphatic heterocycles. The highest BCUT2D eigenvalue weighted by atomic mass is 35.5. The van der Waals surface area contributed by atoms with E-state index in [1.165, 1.54) is 0 Å². The average Bonchev–Trinajstić information content (AvgIpc) is 3.25. The van der Waals surface area contributed by atoms with Crippen LogP contribution in [0.5, 0.6) is 0 Å². The highest BCUT2D eigenvalue weighted by Crippen LogP contribution is 2.39. The first-order valence-corrected chi connectivity index (χ1v) is 12.1. The van der Waals surface area contributed by atoms with Gasteiger partial charge < -0.3 is 24.7 Å². The Morgan fingerprint density at radius 3 is 2.00 bits per heavy atom. The maximum Gasteiger partial charge on any atom is 0.407 e. The van der Waals surface area contributed by atoms with Gasteiger partial charge in [0.2, 0.25) is 0 Å². The number of fused-ring (bicyclic) bond motifs is 1. The van der Waals surface area contributed by atoms with E-state index in [0.29, 0.717) is 10.0 Å². The molecular formula is C25H33Cl2N3O4. The van der Waals surface area contributed by atoms with Gasteiger partial charge in [-0.1, -0.05) is 29.3 Å². The van der Waals surface area contributed by atoms with Crippen molar-refractivity contribution in [1.29, 1.82) is 0 Å². The van der Waals surface area contributed by atoms with Crippen molar-refractivity contribution in [1.82, 2.24) is 15.2 Å². The van der Waals surface area contributed by atoms with Gasteiger partial charge in [-0.05, 0) is 66.5 Å². The first-order valence-electron chi connectivity index (χ1n) is 11.3. The number of benzene rings is 1. The van der Waals surface area contributed by atoms with Crippen molar-refractivity contribution in [2.75, 3.05) is 0 Å². The van der Waals surface area contributed by atoms with Crippen LogP contribution in [0.2, 0.25) is 10.0 Å². The summed E-state index contributed by atoms with van der Waals surface area (Å²) in [6.45, 7) is 12.2. The molecular weight excluding hydrogens is 477 g/mol. The Kier molecular flexibility index (Phi) is 7.78. The maximum absolute atomic E-state index is 12.4. The number of carbonyl (C=O) groups is 2. The predicted molar refractivity (Wildman–Crippen MR) is 134 cm³/mol. The molecule has 0 saturated carbocycles. The second-order valence-electron chi connectivity index (χ2n) is 10.5. The molecule has 0 fully saturated rings. The van der Waals surface area contributed by atoms with Crippen LogP contribution in [0, 0.1) is 0 Å². The van der Waals surface area contributed by atoms with Crippen LogP contribution in [-0.4, -0.2) is 27.8 Å². The standard InChI is InChI=1S/C25H33Cl2N3O4/c1-24(2,3)28-22(31)33-13-16-17(14-34-23(32)29-25(4,5)6)21(30-11-7-8-20(16)30)15-9-10-18(26)19(27)12-15/h9-10,12H,7-8,11,13-14H2,1-6H3,(H,28,31)(H,29,32). The maximum atomic E-state index is 12.4. The van der Waals surface area contributed by atoms with Gasteiger partial charge in [0.25, 0.3) is 0 Å². The molecule has 0 unspecified atom stereocenters. The minimum absolute atomic E-state index is 0.0249. The van der Waals surface area contributed by atoms with Crippen LogP contribution in [0.4, 0.5) is 9.59 Å². The van der Waals surface area contributed by atoms with Gasteiger partial charge in [0.1, 0.15) is 13.2 Å². The average molecular weight is 510 g/mol. The molecule has 34 heavy (non-hydrogen) atoms. The molecule has 9 heteroatoms. The molecule has 0 radical (unpaired) electrons. The van der Waals surface area contributed by atoms with E-state index in [-0.39, 0.29) is 13.2 Å². The van der Waals surface area contributed by atoms with Crippen LogP contribution in [-0.2, 0) is 35.7 Å². The molecule has 2 N–H and O–H groups in total. The van der Waals surface area contributed by atoms with Gasteiger partial charge in [0.15, 0.2) is 0 Å². The summed E-state index contributed by atoms with van der Waals surface area (Å²) in [5.41, 5.74) is 3.62. The van der Waals surface area contributed by atoms with Crippen molar-refractivity contribution < 1.29 is 19.1 Å². The number of amides is 2. The van der Waals surface area contributed by atoms with Gasteiger partial charge in [-0.15, -0.1) is 0 Å². The predicted octanol–water partition coefficient (Wildman–Crippen LogP) is 6.46. The van der Waals surface area contributed by atoms with Crippen LogP contribution in [0.25, 0.3) is 11.3 Å². The lowest BCUT2D eigenvalue weighted by atomic mass is 10.0. The number of carbonyl (C=O) groups excluding carboxylic acids is 2. The van der Waals surface area contributed by atoms with Crippen LogP contribution >= 0.6 is 23.2 Å². The summed E-state index contributed by atoms with van der Waals surface area (Å²) < 4.78 is 13.4. The number of halogens is 2. The highest BCUT2D eigenvalue weighted by molar-refractivity contribution is 6.42. The Bertz CT molecular complexity index is 1080. The fourth-order valence-corrected chi connectivity index (χ4v) is 4.27. The molecule has 1 aromatic carbocycles. The summed E-state index contributed by atoms with van der Waals surface area (Å²) in [6.07, 6.45) is 0.786. The Morgan fingerprint density at radius 2 is 1.47 bits per heavy atom. The molecule has 0 bridgehead atoms. The number of hydrogen-bond acceptors (Lipinski definition) is 4. The van der Waals surface area contributed by atoms with E-state index in [1.54, 1.807) is 12.1 Å². The largest absolute Gasteiger partial charge is 0.445 e. The molecule has 0 saturated heterocycles. The third kappa shape index (κ3) is 6.60.